The van der Waals surface area contributed by atoms with Gasteiger partial charge < -0.3 is 5.32 Å². The van der Waals surface area contributed by atoms with Gasteiger partial charge in [0.1, 0.15) is 0 Å². The van der Waals surface area contributed by atoms with Gasteiger partial charge in [-0.2, -0.15) is 10.4 Å². The molecule has 0 atom stereocenters. The zero-order chi connectivity index (χ0) is 17.3. The molecule has 3 aromatic rings. The molecule has 6 heteroatoms. The quantitative estimate of drug-likeness (QED) is 0.801. The maximum Gasteiger partial charge on any atom is 0.257 e. The predicted octanol–water partition coefficient (Wildman–Crippen LogP) is 3.44. The molecule has 0 fully saturated rings. The SMILES string of the molecule is Cc1nc2c(cnn2C(C)C)cc1C(=O)Nc1ccc(C#N)cc1. The minimum absolute atomic E-state index is 0.202. The molecule has 120 valence electrons. The largest absolute Gasteiger partial charge is 0.322 e. The van der Waals surface area contributed by atoms with Crippen molar-refractivity contribution in [1.82, 2.24) is 14.8 Å². The van der Waals surface area contributed by atoms with Crippen LogP contribution in [0.1, 0.15) is 41.5 Å². The first-order chi connectivity index (χ1) is 11.5. The van der Waals surface area contributed by atoms with Gasteiger partial charge in [0.25, 0.3) is 5.91 Å². The third kappa shape index (κ3) is 2.84. The van der Waals surface area contributed by atoms with Crippen molar-refractivity contribution < 1.29 is 4.79 Å². The number of hydrogen-bond donors (Lipinski definition) is 1. The van der Waals surface area contributed by atoms with Crippen LogP contribution in [-0.2, 0) is 0 Å². The van der Waals surface area contributed by atoms with Gasteiger partial charge in [-0.1, -0.05) is 0 Å². The summed E-state index contributed by atoms with van der Waals surface area (Å²) >= 11 is 0. The van der Waals surface area contributed by atoms with Crippen LogP contribution >= 0.6 is 0 Å². The Morgan fingerprint density at radius 1 is 1.29 bits per heavy atom. The lowest BCUT2D eigenvalue weighted by Gasteiger charge is -2.10. The number of amides is 1. The number of nitrogens with zero attached hydrogens (tertiary/aromatic N) is 4. The topological polar surface area (TPSA) is 83.6 Å². The van der Waals surface area contributed by atoms with E-state index in [9.17, 15) is 4.79 Å². The highest BCUT2D eigenvalue weighted by Gasteiger charge is 2.15. The smallest absolute Gasteiger partial charge is 0.257 e. The van der Waals surface area contributed by atoms with Gasteiger partial charge in [-0.05, 0) is 51.1 Å². The van der Waals surface area contributed by atoms with Crippen LogP contribution in [0.2, 0.25) is 0 Å². The molecule has 1 aromatic carbocycles. The first-order valence-electron chi connectivity index (χ1n) is 7.66. The minimum Gasteiger partial charge on any atom is -0.322 e. The summed E-state index contributed by atoms with van der Waals surface area (Å²) < 4.78 is 1.84. The third-order valence-corrected chi connectivity index (χ3v) is 3.77. The van der Waals surface area contributed by atoms with Crippen LogP contribution in [0, 0.1) is 18.3 Å². The molecule has 24 heavy (non-hydrogen) atoms. The fourth-order valence-corrected chi connectivity index (χ4v) is 2.50. The van der Waals surface area contributed by atoms with Crippen LogP contribution in [0.5, 0.6) is 0 Å². The molecule has 0 aliphatic heterocycles. The standard InChI is InChI=1S/C18H17N5O/c1-11(2)23-17-14(10-20-23)8-16(12(3)21-17)18(24)22-15-6-4-13(9-19)5-7-15/h4-8,10-11H,1-3H3,(H,22,24). The highest BCUT2D eigenvalue weighted by molar-refractivity contribution is 6.06. The normalized spacial score (nSPS) is 10.8. The van der Waals surface area contributed by atoms with Gasteiger partial charge in [-0.25, -0.2) is 9.67 Å². The van der Waals surface area contributed by atoms with E-state index in [-0.39, 0.29) is 11.9 Å². The highest BCUT2D eigenvalue weighted by atomic mass is 16.1. The number of anilines is 1. The summed E-state index contributed by atoms with van der Waals surface area (Å²) in [6.07, 6.45) is 1.72. The third-order valence-electron chi connectivity index (χ3n) is 3.77. The van der Waals surface area contributed by atoms with Crippen molar-refractivity contribution in [1.29, 1.82) is 5.26 Å². The fourth-order valence-electron chi connectivity index (χ4n) is 2.50. The van der Waals surface area contributed by atoms with Gasteiger partial charge in [0.05, 0.1) is 29.1 Å². The maximum absolute atomic E-state index is 12.5. The van der Waals surface area contributed by atoms with Gasteiger partial charge in [0, 0.05) is 17.1 Å². The van der Waals surface area contributed by atoms with Crippen molar-refractivity contribution in [2.45, 2.75) is 26.8 Å². The zero-order valence-electron chi connectivity index (χ0n) is 13.7. The predicted molar refractivity (Wildman–Crippen MR) is 91.8 cm³/mol. The Morgan fingerprint density at radius 3 is 2.62 bits per heavy atom. The van der Waals surface area contributed by atoms with E-state index < -0.39 is 0 Å². The molecule has 1 amide bonds. The molecule has 0 spiro atoms. The molecule has 2 aromatic heterocycles. The van der Waals surface area contributed by atoms with Crippen LogP contribution in [0.3, 0.4) is 0 Å². The van der Waals surface area contributed by atoms with E-state index in [1.807, 2.05) is 37.6 Å². The second-order valence-corrected chi connectivity index (χ2v) is 5.86. The van der Waals surface area contributed by atoms with Crippen molar-refractivity contribution in [2.24, 2.45) is 0 Å². The molecular weight excluding hydrogens is 302 g/mol. The molecule has 1 N–H and O–H groups in total. The van der Waals surface area contributed by atoms with Crippen molar-refractivity contribution in [3.05, 3.63) is 53.3 Å². The first kappa shape index (κ1) is 15.7. The van der Waals surface area contributed by atoms with Crippen molar-refractivity contribution in [3.8, 4) is 6.07 Å². The molecule has 2 heterocycles. The van der Waals surface area contributed by atoms with Crippen LogP contribution in [0.25, 0.3) is 11.0 Å². The van der Waals surface area contributed by atoms with Crippen LogP contribution < -0.4 is 5.32 Å². The summed E-state index contributed by atoms with van der Waals surface area (Å²) in [5.41, 5.74) is 3.12. The van der Waals surface area contributed by atoms with E-state index in [1.165, 1.54) is 0 Å². The average molecular weight is 319 g/mol. The van der Waals surface area contributed by atoms with Crippen LogP contribution in [0.15, 0.2) is 36.5 Å². The molecule has 0 aliphatic rings. The van der Waals surface area contributed by atoms with E-state index in [1.54, 1.807) is 30.5 Å². The second kappa shape index (κ2) is 6.13. The van der Waals surface area contributed by atoms with E-state index in [4.69, 9.17) is 5.26 Å². The number of aromatic nitrogens is 3. The summed E-state index contributed by atoms with van der Waals surface area (Å²) in [5, 5.41) is 16.8. The lowest BCUT2D eigenvalue weighted by atomic mass is 10.1. The lowest BCUT2D eigenvalue weighted by Crippen LogP contribution is -2.14. The number of pyridine rings is 1. The minimum atomic E-state index is -0.232. The van der Waals surface area contributed by atoms with Gasteiger partial charge in [-0.3, -0.25) is 4.79 Å². The van der Waals surface area contributed by atoms with Gasteiger partial charge in [-0.15, -0.1) is 0 Å². The first-order valence-corrected chi connectivity index (χ1v) is 7.66. The number of nitriles is 1. The molecule has 0 unspecified atom stereocenters. The highest BCUT2D eigenvalue weighted by Crippen LogP contribution is 2.20. The molecule has 0 saturated heterocycles. The van der Waals surface area contributed by atoms with E-state index in [2.05, 4.69) is 15.4 Å². The molecule has 0 aliphatic carbocycles. The Bertz CT molecular complexity index is 948. The summed E-state index contributed by atoms with van der Waals surface area (Å²) in [4.78, 5) is 17.1. The van der Waals surface area contributed by atoms with Crippen LogP contribution in [0.4, 0.5) is 5.69 Å². The zero-order valence-corrected chi connectivity index (χ0v) is 13.7. The van der Waals surface area contributed by atoms with Gasteiger partial charge in [0.15, 0.2) is 5.65 Å². The average Bonchev–Trinajstić information content (AvgIpc) is 2.97. The molecule has 0 bridgehead atoms. The number of rotatable bonds is 3. The fraction of sp³-hybridized carbons (Fsp3) is 0.222. The molecular formula is C18H17N5O. The number of carbonyl (C=O) groups is 1. The molecule has 0 saturated carbocycles. The molecule has 0 radical (unpaired) electrons. The Labute approximate surface area is 139 Å². The van der Waals surface area contributed by atoms with E-state index in [0.717, 1.165) is 11.0 Å². The maximum atomic E-state index is 12.5. The van der Waals surface area contributed by atoms with E-state index >= 15 is 0 Å². The summed E-state index contributed by atoms with van der Waals surface area (Å²) in [7, 11) is 0. The van der Waals surface area contributed by atoms with Gasteiger partial charge in [0.2, 0.25) is 0 Å². The number of aryl methyl sites for hydroxylation is 1. The van der Waals surface area contributed by atoms with Crippen molar-refractivity contribution in [3.63, 3.8) is 0 Å². The summed E-state index contributed by atoms with van der Waals surface area (Å²) in [6, 6.07) is 10.8. The van der Waals surface area contributed by atoms with Crippen molar-refractivity contribution >= 4 is 22.6 Å². The number of benzene rings is 1. The summed E-state index contributed by atoms with van der Waals surface area (Å²) in [5.74, 6) is -0.232. The van der Waals surface area contributed by atoms with E-state index in [0.29, 0.717) is 22.5 Å². The Balaban J connectivity index is 1.92. The lowest BCUT2D eigenvalue weighted by molar-refractivity contribution is 0.102. The molecule has 3 rings (SSSR count). The monoisotopic (exact) mass is 319 g/mol. The molecule has 6 nitrogen and oxygen atoms in total. The number of nitrogens with one attached hydrogen (secondary N) is 1. The summed E-state index contributed by atoms with van der Waals surface area (Å²) in [6.45, 7) is 5.88. The van der Waals surface area contributed by atoms with Gasteiger partial charge >= 0.3 is 0 Å². The second-order valence-electron chi connectivity index (χ2n) is 5.86. The Kier molecular flexibility index (Phi) is 4.00. The Hall–Kier alpha value is -3.20. The van der Waals surface area contributed by atoms with Crippen molar-refractivity contribution in [2.75, 3.05) is 5.32 Å². The number of carbonyl (C=O) groups excluding carboxylic acids is 1. The number of hydrogen-bond acceptors (Lipinski definition) is 4. The Morgan fingerprint density at radius 2 is 2.00 bits per heavy atom. The number of fused-ring (bicyclic) bond motifs is 1. The van der Waals surface area contributed by atoms with Crippen LogP contribution in [-0.4, -0.2) is 20.7 Å².